The molecule has 2 amide bonds. The molecular formula is C33H27ClF2N4O6. The molecule has 236 valence electrons. The molecule has 1 aliphatic rings. The molecule has 0 fully saturated rings. The number of amides is 2. The van der Waals surface area contributed by atoms with Gasteiger partial charge in [-0.3, -0.25) is 9.59 Å². The highest BCUT2D eigenvalue weighted by Gasteiger charge is 2.46. The van der Waals surface area contributed by atoms with Crippen molar-refractivity contribution in [2.45, 2.75) is 24.9 Å². The lowest BCUT2D eigenvalue weighted by molar-refractivity contribution is -0.123. The number of primary amides is 1. The highest BCUT2D eigenvalue weighted by molar-refractivity contribution is 6.31. The number of fused-ring (bicyclic) bond motifs is 2. The number of oxazole rings is 1. The lowest BCUT2D eigenvalue weighted by atomic mass is 9.80. The molecule has 46 heavy (non-hydrogen) atoms. The SMILES string of the molecule is COc1cc(C(=O)NC[C@@](O)(c2ccccc2)c2cc3c(c(-c4cc(Cl)c(F)cc4F)n2)OC[C@]3(C)C(N)=O)cc2oc(C)nc12. The molecule has 0 unspecified atom stereocenters. The van der Waals surface area contributed by atoms with Gasteiger partial charge in [0.1, 0.15) is 46.5 Å². The van der Waals surface area contributed by atoms with Crippen molar-refractivity contribution < 1.29 is 37.4 Å². The van der Waals surface area contributed by atoms with Crippen molar-refractivity contribution in [2.24, 2.45) is 5.73 Å². The number of nitrogens with two attached hydrogens (primary N) is 1. The first-order valence-corrected chi connectivity index (χ1v) is 14.4. The Morgan fingerprint density at radius 2 is 1.87 bits per heavy atom. The van der Waals surface area contributed by atoms with Crippen LogP contribution in [0.4, 0.5) is 8.78 Å². The molecule has 0 bridgehead atoms. The number of aliphatic hydroxyl groups is 1. The zero-order valence-corrected chi connectivity index (χ0v) is 25.5. The standard InChI is InChI=1S/C33H27ClF2N4O6/c1-16-39-28-24(44-3)9-17(10-25(28)46-16)30(41)38-14-33(43,18-7-5-4-6-8-18)26-12-20-29(45-15-32(20,2)31(37)42)27(40-26)19-11-21(34)23(36)13-22(19)35/h4-13,43H,14-15H2,1-3H3,(H2,37,42)(H,38,41)/t32-,33+/m0/s1. The number of ether oxygens (including phenoxy) is 2. The number of carbonyl (C=O) groups is 2. The smallest absolute Gasteiger partial charge is 0.251 e. The number of aromatic nitrogens is 2. The largest absolute Gasteiger partial charge is 0.494 e. The average Bonchev–Trinajstić information content (AvgIpc) is 3.60. The summed E-state index contributed by atoms with van der Waals surface area (Å²) in [7, 11) is 1.44. The van der Waals surface area contributed by atoms with Crippen LogP contribution in [0.25, 0.3) is 22.4 Å². The number of hydrogen-bond acceptors (Lipinski definition) is 8. The summed E-state index contributed by atoms with van der Waals surface area (Å²) in [6, 6.07) is 14.4. The Morgan fingerprint density at radius 3 is 2.57 bits per heavy atom. The predicted octanol–water partition coefficient (Wildman–Crippen LogP) is 4.94. The monoisotopic (exact) mass is 648 g/mol. The van der Waals surface area contributed by atoms with Gasteiger partial charge in [-0.2, -0.15) is 0 Å². The zero-order chi connectivity index (χ0) is 33.0. The summed E-state index contributed by atoms with van der Waals surface area (Å²) in [5.74, 6) is -2.61. The third kappa shape index (κ3) is 5.09. The molecule has 5 aromatic rings. The van der Waals surface area contributed by atoms with Gasteiger partial charge in [0.2, 0.25) is 5.91 Å². The van der Waals surface area contributed by atoms with Crippen molar-refractivity contribution >= 4 is 34.5 Å². The average molecular weight is 649 g/mol. The number of halogens is 3. The first kappa shape index (κ1) is 30.9. The molecule has 13 heteroatoms. The maximum absolute atomic E-state index is 15.3. The number of nitrogens with zero attached hydrogens (tertiary/aromatic N) is 2. The minimum atomic E-state index is -2.06. The minimum Gasteiger partial charge on any atom is -0.494 e. The number of aryl methyl sites for hydroxylation is 1. The zero-order valence-electron chi connectivity index (χ0n) is 24.8. The lowest BCUT2D eigenvalue weighted by Crippen LogP contribution is -2.43. The van der Waals surface area contributed by atoms with Crippen molar-refractivity contribution in [3.8, 4) is 22.8 Å². The summed E-state index contributed by atoms with van der Waals surface area (Å²) in [5.41, 5.74) is 3.33. The first-order valence-electron chi connectivity index (χ1n) is 14.0. The Balaban J connectivity index is 1.50. The summed E-state index contributed by atoms with van der Waals surface area (Å²) in [4.78, 5) is 35.1. The van der Waals surface area contributed by atoms with Crippen LogP contribution in [0.1, 0.15) is 40.0 Å². The number of benzene rings is 3. The van der Waals surface area contributed by atoms with Crippen molar-refractivity contribution in [2.75, 3.05) is 20.3 Å². The van der Waals surface area contributed by atoms with Crippen LogP contribution in [0.3, 0.4) is 0 Å². The van der Waals surface area contributed by atoms with E-state index in [9.17, 15) is 19.1 Å². The number of methoxy groups -OCH3 is 1. The van der Waals surface area contributed by atoms with E-state index in [1.807, 2.05) is 0 Å². The van der Waals surface area contributed by atoms with E-state index in [1.54, 1.807) is 44.2 Å². The molecule has 0 saturated carbocycles. The molecule has 0 radical (unpaired) electrons. The van der Waals surface area contributed by atoms with E-state index in [2.05, 4.69) is 15.3 Å². The molecule has 2 atom stereocenters. The van der Waals surface area contributed by atoms with Gasteiger partial charge in [0.05, 0.1) is 24.4 Å². The number of rotatable bonds is 8. The van der Waals surface area contributed by atoms with Gasteiger partial charge in [-0.25, -0.2) is 18.7 Å². The van der Waals surface area contributed by atoms with Gasteiger partial charge in [0.15, 0.2) is 17.0 Å². The molecule has 10 nitrogen and oxygen atoms in total. The number of carbonyl (C=O) groups excluding carboxylic acids is 2. The molecule has 3 heterocycles. The normalized spacial score (nSPS) is 16.8. The van der Waals surface area contributed by atoms with Gasteiger partial charge in [-0.05, 0) is 36.8 Å². The Bertz CT molecular complexity index is 2040. The van der Waals surface area contributed by atoms with E-state index >= 15 is 4.39 Å². The molecule has 3 aromatic carbocycles. The fraction of sp³-hybridized carbons (Fsp3) is 0.212. The van der Waals surface area contributed by atoms with Crippen LogP contribution >= 0.6 is 11.6 Å². The van der Waals surface area contributed by atoms with Crippen LogP contribution in [-0.2, 0) is 15.8 Å². The number of hydrogen-bond donors (Lipinski definition) is 3. The van der Waals surface area contributed by atoms with Crippen molar-refractivity contribution in [1.29, 1.82) is 0 Å². The fourth-order valence-electron chi connectivity index (χ4n) is 5.45. The maximum atomic E-state index is 15.3. The molecule has 1 aliphatic heterocycles. The summed E-state index contributed by atoms with van der Waals surface area (Å²) >= 11 is 6.02. The number of nitrogens with one attached hydrogen (secondary N) is 1. The molecule has 0 aliphatic carbocycles. The van der Waals surface area contributed by atoms with Crippen LogP contribution in [-0.4, -0.2) is 47.2 Å². The molecule has 4 N–H and O–H groups in total. The second kappa shape index (κ2) is 11.4. The lowest BCUT2D eigenvalue weighted by Gasteiger charge is -2.30. The van der Waals surface area contributed by atoms with Crippen LogP contribution in [0.5, 0.6) is 11.5 Å². The van der Waals surface area contributed by atoms with Crippen molar-refractivity contribution in [3.05, 3.63) is 106 Å². The second-order valence-electron chi connectivity index (χ2n) is 11.1. The van der Waals surface area contributed by atoms with Crippen LogP contribution in [0.2, 0.25) is 5.02 Å². The van der Waals surface area contributed by atoms with E-state index < -0.39 is 41.0 Å². The third-order valence-corrected chi connectivity index (χ3v) is 8.40. The summed E-state index contributed by atoms with van der Waals surface area (Å²) in [5, 5.41) is 14.8. The van der Waals surface area contributed by atoms with Crippen molar-refractivity contribution in [3.63, 3.8) is 0 Å². The molecule has 6 rings (SSSR count). The third-order valence-electron chi connectivity index (χ3n) is 8.11. The van der Waals surface area contributed by atoms with E-state index in [0.29, 0.717) is 34.4 Å². The van der Waals surface area contributed by atoms with E-state index in [4.69, 9.17) is 31.2 Å². The first-order chi connectivity index (χ1) is 21.9. The van der Waals surface area contributed by atoms with Crippen LogP contribution in [0, 0.1) is 18.6 Å². The Kier molecular flexibility index (Phi) is 7.65. The van der Waals surface area contributed by atoms with Gasteiger partial charge in [0.25, 0.3) is 5.91 Å². The Labute approximate surface area is 266 Å². The van der Waals surface area contributed by atoms with E-state index in [0.717, 1.165) is 6.07 Å². The molecular weight excluding hydrogens is 622 g/mol. The highest BCUT2D eigenvalue weighted by atomic mass is 35.5. The Morgan fingerprint density at radius 1 is 1.13 bits per heavy atom. The number of pyridine rings is 1. The minimum absolute atomic E-state index is 0.0221. The Hall–Kier alpha value is -5.07. The van der Waals surface area contributed by atoms with Gasteiger partial charge in [0, 0.05) is 29.7 Å². The summed E-state index contributed by atoms with van der Waals surface area (Å²) in [6.07, 6.45) is 0. The van der Waals surface area contributed by atoms with Gasteiger partial charge in [-0.15, -0.1) is 0 Å². The molecule has 0 saturated heterocycles. The quantitative estimate of drug-likeness (QED) is 0.200. The van der Waals surface area contributed by atoms with E-state index in [-0.39, 0.29) is 45.5 Å². The molecule has 0 spiro atoms. The maximum Gasteiger partial charge on any atom is 0.251 e. The topological polar surface area (TPSA) is 150 Å². The molecule has 2 aromatic heterocycles. The fourth-order valence-corrected chi connectivity index (χ4v) is 5.61. The summed E-state index contributed by atoms with van der Waals surface area (Å²) < 4.78 is 46.2. The van der Waals surface area contributed by atoms with Gasteiger partial charge in [-0.1, -0.05) is 41.9 Å². The van der Waals surface area contributed by atoms with E-state index in [1.165, 1.54) is 25.3 Å². The second-order valence-corrected chi connectivity index (χ2v) is 11.5. The summed E-state index contributed by atoms with van der Waals surface area (Å²) in [6.45, 7) is 2.58. The van der Waals surface area contributed by atoms with Crippen molar-refractivity contribution in [1.82, 2.24) is 15.3 Å². The predicted molar refractivity (Wildman–Crippen MR) is 164 cm³/mol. The van der Waals surface area contributed by atoms with Crippen LogP contribution in [0.15, 0.2) is 65.1 Å². The van der Waals surface area contributed by atoms with Gasteiger partial charge < -0.3 is 30.0 Å². The highest BCUT2D eigenvalue weighted by Crippen LogP contribution is 2.47. The van der Waals surface area contributed by atoms with Crippen LogP contribution < -0.4 is 20.5 Å². The van der Waals surface area contributed by atoms with Gasteiger partial charge >= 0.3 is 0 Å².